The molecule has 1 aliphatic rings. The van der Waals surface area contributed by atoms with Crippen LogP contribution in [-0.2, 0) is 22.6 Å². The minimum absolute atomic E-state index is 0.134. The number of carbonyl (C=O) groups is 3. The standard InChI is InChI=1S/C23H24N6O5/c1-34-16-5-2-14(3-6-16)10-11-24-23(33)25-13-15-4-7-17-18(12-15)27-28-29(22(17)32)19-8-9-20(30)26-21(19)31/h2-7,12,19H,8-11,13H2,1H3,(H2,24,25,33)(H,26,30,31). The first-order valence-electron chi connectivity index (χ1n) is 10.8. The Morgan fingerprint density at radius 1 is 1.12 bits per heavy atom. The number of rotatable bonds is 7. The fourth-order valence-corrected chi connectivity index (χ4v) is 3.69. The molecular weight excluding hydrogens is 440 g/mol. The van der Waals surface area contributed by atoms with Crippen LogP contribution < -0.4 is 26.2 Å². The summed E-state index contributed by atoms with van der Waals surface area (Å²) in [6, 6.07) is 11.4. The zero-order valence-electron chi connectivity index (χ0n) is 18.5. The van der Waals surface area contributed by atoms with E-state index in [2.05, 4.69) is 26.3 Å². The van der Waals surface area contributed by atoms with E-state index < -0.39 is 17.5 Å². The van der Waals surface area contributed by atoms with Gasteiger partial charge >= 0.3 is 6.03 Å². The number of imide groups is 1. The highest BCUT2D eigenvalue weighted by Gasteiger charge is 2.30. The third-order valence-electron chi connectivity index (χ3n) is 5.57. The number of aromatic nitrogens is 3. The highest BCUT2D eigenvalue weighted by atomic mass is 16.5. The second-order valence-electron chi connectivity index (χ2n) is 7.87. The van der Waals surface area contributed by atoms with Gasteiger partial charge in [-0.1, -0.05) is 23.4 Å². The van der Waals surface area contributed by atoms with Gasteiger partial charge in [-0.3, -0.25) is 19.7 Å². The number of nitrogens with one attached hydrogen (secondary N) is 3. The fraction of sp³-hybridized carbons (Fsp3) is 0.304. The third kappa shape index (κ3) is 5.20. The Balaban J connectivity index is 1.33. The van der Waals surface area contributed by atoms with E-state index in [1.165, 1.54) is 0 Å². The predicted octanol–water partition coefficient (Wildman–Crippen LogP) is 0.820. The molecule has 4 amide bonds. The summed E-state index contributed by atoms with van der Waals surface area (Å²) in [6.07, 6.45) is 1.01. The van der Waals surface area contributed by atoms with Crippen molar-refractivity contribution in [2.45, 2.75) is 31.8 Å². The Morgan fingerprint density at radius 2 is 1.88 bits per heavy atom. The maximum absolute atomic E-state index is 12.8. The quantitative estimate of drug-likeness (QED) is 0.439. The summed E-state index contributed by atoms with van der Waals surface area (Å²) in [5, 5.41) is 16.0. The van der Waals surface area contributed by atoms with Crippen molar-refractivity contribution in [2.24, 2.45) is 0 Å². The maximum atomic E-state index is 12.8. The van der Waals surface area contributed by atoms with Gasteiger partial charge in [0.05, 0.1) is 12.5 Å². The monoisotopic (exact) mass is 464 g/mol. The van der Waals surface area contributed by atoms with E-state index in [1.54, 1.807) is 25.3 Å². The molecule has 3 aromatic rings. The van der Waals surface area contributed by atoms with Gasteiger partial charge in [0.15, 0.2) is 0 Å². The number of hydrogen-bond donors (Lipinski definition) is 3. The molecule has 11 heteroatoms. The average molecular weight is 464 g/mol. The largest absolute Gasteiger partial charge is 0.497 e. The van der Waals surface area contributed by atoms with Crippen LogP contribution in [0.4, 0.5) is 4.79 Å². The number of benzene rings is 2. The van der Waals surface area contributed by atoms with Gasteiger partial charge < -0.3 is 15.4 Å². The summed E-state index contributed by atoms with van der Waals surface area (Å²) < 4.78 is 6.14. The number of carbonyl (C=O) groups excluding carboxylic acids is 3. The van der Waals surface area contributed by atoms with Crippen LogP contribution in [0.5, 0.6) is 5.75 Å². The molecule has 3 N–H and O–H groups in total. The first-order chi connectivity index (χ1) is 16.4. The van der Waals surface area contributed by atoms with Crippen LogP contribution in [-0.4, -0.2) is 46.5 Å². The molecule has 1 saturated heterocycles. The molecule has 2 heterocycles. The van der Waals surface area contributed by atoms with Crippen LogP contribution in [0.1, 0.15) is 30.0 Å². The number of urea groups is 1. The van der Waals surface area contributed by atoms with Gasteiger partial charge in [0.2, 0.25) is 5.91 Å². The van der Waals surface area contributed by atoms with Crippen LogP contribution >= 0.6 is 0 Å². The molecule has 0 spiro atoms. The number of hydrogen-bond acceptors (Lipinski definition) is 7. The molecule has 1 atom stereocenters. The molecule has 0 radical (unpaired) electrons. The molecular formula is C23H24N6O5. The highest BCUT2D eigenvalue weighted by molar-refractivity contribution is 5.99. The Kier molecular flexibility index (Phi) is 6.81. The Labute approximate surface area is 194 Å². The summed E-state index contributed by atoms with van der Waals surface area (Å²) in [6.45, 7) is 0.712. The van der Waals surface area contributed by atoms with Crippen LogP contribution in [0.3, 0.4) is 0 Å². The lowest BCUT2D eigenvalue weighted by Crippen LogP contribution is -2.45. The maximum Gasteiger partial charge on any atom is 0.315 e. The van der Waals surface area contributed by atoms with Gasteiger partial charge in [0, 0.05) is 19.5 Å². The Bertz CT molecular complexity index is 1290. The molecule has 34 heavy (non-hydrogen) atoms. The lowest BCUT2D eigenvalue weighted by Gasteiger charge is -2.21. The lowest BCUT2D eigenvalue weighted by molar-refractivity contribution is -0.136. The van der Waals surface area contributed by atoms with Crippen molar-refractivity contribution in [3.05, 3.63) is 63.9 Å². The molecule has 0 aliphatic carbocycles. The normalized spacial score (nSPS) is 15.6. The number of nitrogens with zero attached hydrogens (tertiary/aromatic N) is 3. The van der Waals surface area contributed by atoms with E-state index in [9.17, 15) is 19.2 Å². The van der Waals surface area contributed by atoms with Crippen LogP contribution in [0.25, 0.3) is 10.9 Å². The summed E-state index contributed by atoms with van der Waals surface area (Å²) in [5.41, 5.74) is 1.71. The number of piperidine rings is 1. The molecule has 2 aromatic carbocycles. The van der Waals surface area contributed by atoms with Gasteiger partial charge in [0.25, 0.3) is 11.5 Å². The zero-order chi connectivity index (χ0) is 24.1. The third-order valence-corrected chi connectivity index (χ3v) is 5.57. The Morgan fingerprint density at radius 3 is 2.62 bits per heavy atom. The fourth-order valence-electron chi connectivity index (χ4n) is 3.69. The molecule has 1 unspecified atom stereocenters. The smallest absolute Gasteiger partial charge is 0.315 e. The van der Waals surface area contributed by atoms with E-state index >= 15 is 0 Å². The van der Waals surface area contributed by atoms with Crippen molar-refractivity contribution in [3.8, 4) is 5.75 Å². The number of methoxy groups -OCH3 is 1. The van der Waals surface area contributed by atoms with E-state index in [0.717, 1.165) is 21.6 Å². The van der Waals surface area contributed by atoms with Crippen molar-refractivity contribution in [2.75, 3.05) is 13.7 Å². The molecule has 11 nitrogen and oxygen atoms in total. The molecule has 4 rings (SSSR count). The van der Waals surface area contributed by atoms with Crippen LogP contribution in [0, 0.1) is 0 Å². The second-order valence-corrected chi connectivity index (χ2v) is 7.87. The van der Waals surface area contributed by atoms with E-state index in [0.29, 0.717) is 23.9 Å². The topological polar surface area (TPSA) is 144 Å². The molecule has 0 bridgehead atoms. The number of ether oxygens (including phenoxy) is 1. The zero-order valence-corrected chi connectivity index (χ0v) is 18.5. The van der Waals surface area contributed by atoms with Crippen LogP contribution in [0.2, 0.25) is 0 Å². The van der Waals surface area contributed by atoms with Gasteiger partial charge in [-0.15, -0.1) is 5.10 Å². The van der Waals surface area contributed by atoms with Crippen molar-refractivity contribution in [3.63, 3.8) is 0 Å². The van der Waals surface area contributed by atoms with Crippen molar-refractivity contribution < 1.29 is 19.1 Å². The molecule has 1 aromatic heterocycles. The predicted molar refractivity (Wildman–Crippen MR) is 122 cm³/mol. The minimum atomic E-state index is -0.870. The molecule has 1 fully saturated rings. The summed E-state index contributed by atoms with van der Waals surface area (Å²) >= 11 is 0. The summed E-state index contributed by atoms with van der Waals surface area (Å²) in [5.74, 6) is -0.153. The average Bonchev–Trinajstić information content (AvgIpc) is 2.84. The molecule has 1 aliphatic heterocycles. The highest BCUT2D eigenvalue weighted by Crippen LogP contribution is 2.17. The number of amides is 4. The van der Waals surface area contributed by atoms with E-state index in [1.807, 2.05) is 24.3 Å². The summed E-state index contributed by atoms with van der Waals surface area (Å²) in [4.78, 5) is 48.3. The first kappa shape index (κ1) is 22.9. The van der Waals surface area contributed by atoms with E-state index in [4.69, 9.17) is 4.74 Å². The molecule has 176 valence electrons. The number of fused-ring (bicyclic) bond motifs is 1. The van der Waals surface area contributed by atoms with Crippen molar-refractivity contribution in [1.29, 1.82) is 0 Å². The van der Waals surface area contributed by atoms with Crippen LogP contribution in [0.15, 0.2) is 47.3 Å². The van der Waals surface area contributed by atoms with E-state index in [-0.39, 0.29) is 31.3 Å². The summed E-state index contributed by atoms with van der Waals surface area (Å²) in [7, 11) is 1.61. The van der Waals surface area contributed by atoms with Crippen molar-refractivity contribution in [1.82, 2.24) is 30.9 Å². The lowest BCUT2D eigenvalue weighted by atomic mass is 10.1. The molecule has 0 saturated carbocycles. The minimum Gasteiger partial charge on any atom is -0.497 e. The van der Waals surface area contributed by atoms with Gasteiger partial charge in [0.1, 0.15) is 17.3 Å². The Hall–Kier alpha value is -4.28. The second kappa shape index (κ2) is 10.1. The van der Waals surface area contributed by atoms with Gasteiger partial charge in [-0.05, 0) is 48.2 Å². The SMILES string of the molecule is COc1ccc(CCNC(=O)NCc2ccc3c(=O)n(C4CCC(=O)NC4=O)nnc3c2)cc1. The first-order valence-corrected chi connectivity index (χ1v) is 10.8. The van der Waals surface area contributed by atoms with Gasteiger partial charge in [-0.25, -0.2) is 4.79 Å². The van der Waals surface area contributed by atoms with Crippen molar-refractivity contribution >= 4 is 28.7 Å². The van der Waals surface area contributed by atoms with Gasteiger partial charge in [-0.2, -0.15) is 4.68 Å².